The normalized spacial score (nSPS) is 28.9. The number of aliphatic hydroxyl groups excluding tert-OH is 2. The van der Waals surface area contributed by atoms with Gasteiger partial charge in [-0.2, -0.15) is 0 Å². The van der Waals surface area contributed by atoms with Crippen LogP contribution in [0.3, 0.4) is 0 Å². The Balaban J connectivity index is 1.69. The van der Waals surface area contributed by atoms with E-state index in [1.807, 2.05) is 25.1 Å². The highest BCUT2D eigenvalue weighted by atomic mass is 16.5. The average molecular weight is 557 g/mol. The monoisotopic (exact) mass is 556 g/mol. The first-order chi connectivity index (χ1) is 18.8. The summed E-state index contributed by atoms with van der Waals surface area (Å²) in [5.41, 5.74) is 3.81. The molecule has 1 saturated heterocycles. The second-order valence-corrected chi connectivity index (χ2v) is 11.5. The Labute approximate surface area is 231 Å². The molecule has 6 N–H and O–H groups in total. The largest absolute Gasteiger partial charge is 0.508 e. The summed E-state index contributed by atoms with van der Waals surface area (Å²) in [5, 5.41) is 45.8. The number of benzene rings is 1. The van der Waals surface area contributed by atoms with Gasteiger partial charge < -0.3 is 35.8 Å². The highest BCUT2D eigenvalue weighted by molar-refractivity contribution is 6.24. The zero-order chi connectivity index (χ0) is 29.3. The number of carbonyl (C=O) groups excluding carboxylic acids is 3. The number of nitrogens with zero attached hydrogens (tertiary/aromatic N) is 3. The highest BCUT2D eigenvalue weighted by Crippen LogP contribution is 2.54. The van der Waals surface area contributed by atoms with Crippen molar-refractivity contribution in [2.45, 2.75) is 31.0 Å². The fourth-order valence-corrected chi connectivity index (χ4v) is 6.87. The number of rotatable bonds is 5. The smallest absolute Gasteiger partial charge is 0.255 e. The minimum atomic E-state index is -2.66. The lowest BCUT2D eigenvalue weighted by Gasteiger charge is -2.50. The molecular weight excluding hydrogens is 520 g/mol. The van der Waals surface area contributed by atoms with Gasteiger partial charge in [0.15, 0.2) is 11.4 Å². The summed E-state index contributed by atoms with van der Waals surface area (Å²) in [7, 11) is 6.85. The molecule has 1 saturated carbocycles. The Hall–Kier alpha value is -3.45. The summed E-state index contributed by atoms with van der Waals surface area (Å²) in [5.74, 6) is -6.52. The molecule has 1 aromatic carbocycles. The van der Waals surface area contributed by atoms with Gasteiger partial charge in [0.2, 0.25) is 5.78 Å². The molecule has 0 unspecified atom stereocenters. The molecule has 4 atom stereocenters. The van der Waals surface area contributed by atoms with Crippen molar-refractivity contribution in [3.8, 4) is 5.75 Å². The van der Waals surface area contributed by atoms with E-state index in [9.17, 15) is 34.8 Å². The summed E-state index contributed by atoms with van der Waals surface area (Å²) < 4.78 is 5.42. The number of fused-ring (bicyclic) bond motifs is 3. The summed E-state index contributed by atoms with van der Waals surface area (Å²) in [6, 6.07) is 0.763. The molecule has 1 heterocycles. The molecule has 216 valence electrons. The van der Waals surface area contributed by atoms with Crippen LogP contribution in [0.1, 0.15) is 23.1 Å². The molecule has 5 rings (SSSR count). The van der Waals surface area contributed by atoms with Crippen molar-refractivity contribution in [1.29, 1.82) is 0 Å². The molecule has 4 aliphatic rings. The topological polar surface area (TPSA) is 177 Å². The molecule has 12 nitrogen and oxygen atoms in total. The summed E-state index contributed by atoms with van der Waals surface area (Å²) in [6.07, 6.45) is 0.294. The van der Waals surface area contributed by atoms with Gasteiger partial charge in [-0.25, -0.2) is 0 Å². The summed E-state index contributed by atoms with van der Waals surface area (Å²) in [4.78, 5) is 44.9. The van der Waals surface area contributed by atoms with Crippen molar-refractivity contribution in [3.63, 3.8) is 0 Å². The maximum atomic E-state index is 14.1. The van der Waals surface area contributed by atoms with Crippen LogP contribution < -0.4 is 10.6 Å². The molecule has 1 aliphatic heterocycles. The van der Waals surface area contributed by atoms with Crippen molar-refractivity contribution >= 4 is 28.9 Å². The lowest BCUT2D eigenvalue weighted by molar-refractivity contribution is -0.153. The number of aromatic hydroxyl groups is 1. The second-order valence-electron chi connectivity index (χ2n) is 11.5. The van der Waals surface area contributed by atoms with Crippen LogP contribution in [-0.4, -0.2) is 114 Å². The Bertz CT molecular complexity index is 1360. The van der Waals surface area contributed by atoms with Crippen LogP contribution in [0.5, 0.6) is 5.75 Å². The predicted molar refractivity (Wildman–Crippen MR) is 145 cm³/mol. The van der Waals surface area contributed by atoms with Gasteiger partial charge in [-0.05, 0) is 44.5 Å². The van der Waals surface area contributed by atoms with Gasteiger partial charge in [0.1, 0.15) is 22.8 Å². The van der Waals surface area contributed by atoms with Gasteiger partial charge in [0.25, 0.3) is 5.91 Å². The first-order valence-corrected chi connectivity index (χ1v) is 13.3. The van der Waals surface area contributed by atoms with E-state index in [2.05, 4.69) is 4.90 Å². The number of likely N-dealkylation sites (N-methyl/N-ethyl adjacent to an activating group) is 1. The molecule has 40 heavy (non-hydrogen) atoms. The Morgan fingerprint density at radius 1 is 1.15 bits per heavy atom. The third kappa shape index (κ3) is 4.00. The van der Waals surface area contributed by atoms with Crippen LogP contribution in [-0.2, 0) is 32.1 Å². The van der Waals surface area contributed by atoms with Crippen molar-refractivity contribution in [1.82, 2.24) is 9.80 Å². The van der Waals surface area contributed by atoms with Crippen molar-refractivity contribution in [2.75, 3.05) is 59.4 Å². The molecule has 1 aromatic rings. The zero-order valence-corrected chi connectivity index (χ0v) is 23.1. The minimum Gasteiger partial charge on any atom is -0.508 e. The van der Waals surface area contributed by atoms with E-state index in [4.69, 9.17) is 10.5 Å². The molecule has 0 bridgehead atoms. The quantitative estimate of drug-likeness (QED) is 0.305. The van der Waals surface area contributed by atoms with Crippen LogP contribution in [0.25, 0.3) is 5.76 Å². The number of morpholine rings is 1. The van der Waals surface area contributed by atoms with Crippen molar-refractivity contribution in [2.24, 2.45) is 17.6 Å². The number of anilines is 1. The molecule has 0 radical (unpaired) electrons. The summed E-state index contributed by atoms with van der Waals surface area (Å²) >= 11 is 0. The number of Topliss-reactive ketones (excluding diaryl/α,β-unsaturated/α-hetero) is 2. The summed E-state index contributed by atoms with van der Waals surface area (Å²) in [6.45, 7) is 2.88. The number of primary amides is 1. The van der Waals surface area contributed by atoms with E-state index in [1.165, 1.54) is 4.90 Å². The molecule has 2 fully saturated rings. The standard InChI is InChI=1S/C28H36N4O8/c1-30(2)17-11-14(12-32-5-7-40-8-6-32)22(33)19-15(17)9-13-10-16-21(31(3)4)24(35)20(27(29)38)26(37)28(16,39)25(36)18(13)23(19)34/h11,13,16,21,33-34,37,39H,5-10,12H2,1-4H3,(H2,29,38)/t13-,16-,21-,28-/m1/s1. The SMILES string of the molecule is CN(C)c1cc(CN2CCOCC2)c(O)c2c1C[C@@H]1C[C@@H]3[C@@H](N(C)C)C(=O)C(C(N)=O)=C(O)[C@]3(O)C(=O)C1=C2O. The number of nitrogens with two attached hydrogens (primary N) is 1. The average Bonchev–Trinajstić information content (AvgIpc) is 2.87. The Morgan fingerprint density at radius 2 is 1.80 bits per heavy atom. The van der Waals surface area contributed by atoms with E-state index in [-0.39, 0.29) is 29.7 Å². The first kappa shape index (κ1) is 28.1. The van der Waals surface area contributed by atoms with Gasteiger partial charge >= 0.3 is 0 Å². The molecule has 0 aromatic heterocycles. The lowest BCUT2D eigenvalue weighted by Crippen LogP contribution is -2.65. The van der Waals surface area contributed by atoms with Gasteiger partial charge in [-0.15, -0.1) is 0 Å². The fraction of sp³-hybridized carbons (Fsp3) is 0.536. The number of aliphatic hydroxyl groups is 3. The van der Waals surface area contributed by atoms with Crippen LogP contribution >= 0.6 is 0 Å². The van der Waals surface area contributed by atoms with E-state index >= 15 is 0 Å². The second kappa shape index (κ2) is 9.88. The number of ether oxygens (including phenoxy) is 1. The third-order valence-electron chi connectivity index (χ3n) is 8.76. The van der Waals surface area contributed by atoms with Gasteiger partial charge in [-0.3, -0.25) is 24.2 Å². The number of ketones is 2. The number of hydrogen-bond donors (Lipinski definition) is 5. The lowest BCUT2D eigenvalue weighted by atomic mass is 9.57. The number of amides is 1. The van der Waals surface area contributed by atoms with E-state index in [0.717, 1.165) is 5.69 Å². The number of phenols is 1. The Kier molecular flexibility index (Phi) is 6.94. The predicted octanol–water partition coefficient (Wildman–Crippen LogP) is -0.138. The maximum absolute atomic E-state index is 14.1. The van der Waals surface area contributed by atoms with Crippen LogP contribution in [0, 0.1) is 11.8 Å². The number of carbonyl (C=O) groups is 3. The molecule has 0 spiro atoms. The molecule has 12 heteroatoms. The van der Waals surface area contributed by atoms with E-state index in [1.54, 1.807) is 14.1 Å². The van der Waals surface area contributed by atoms with Crippen LogP contribution in [0.15, 0.2) is 23.0 Å². The van der Waals surface area contributed by atoms with Gasteiger partial charge in [0, 0.05) is 56.5 Å². The van der Waals surface area contributed by atoms with E-state index < -0.39 is 58.0 Å². The third-order valence-corrected chi connectivity index (χ3v) is 8.76. The van der Waals surface area contributed by atoms with Gasteiger partial charge in [0.05, 0.1) is 24.8 Å². The number of phenolic OH excluding ortho intramolecular Hbond substituents is 1. The van der Waals surface area contributed by atoms with Crippen LogP contribution in [0.4, 0.5) is 5.69 Å². The highest BCUT2D eigenvalue weighted by Gasteiger charge is 2.64. The van der Waals surface area contributed by atoms with Gasteiger partial charge in [-0.1, -0.05) is 0 Å². The first-order valence-electron chi connectivity index (χ1n) is 13.3. The molecule has 1 amide bonds. The Morgan fingerprint density at radius 3 is 2.38 bits per heavy atom. The minimum absolute atomic E-state index is 0.0505. The van der Waals surface area contributed by atoms with E-state index in [0.29, 0.717) is 44.0 Å². The van der Waals surface area contributed by atoms with Crippen molar-refractivity contribution in [3.05, 3.63) is 39.7 Å². The van der Waals surface area contributed by atoms with Crippen molar-refractivity contribution < 1.29 is 39.5 Å². The fourth-order valence-electron chi connectivity index (χ4n) is 6.87. The maximum Gasteiger partial charge on any atom is 0.255 e. The molecule has 3 aliphatic carbocycles. The molecular formula is C28H36N4O8. The number of hydrogen-bond acceptors (Lipinski definition) is 11. The van der Waals surface area contributed by atoms with Crippen LogP contribution in [0.2, 0.25) is 0 Å². The zero-order valence-electron chi connectivity index (χ0n) is 23.1.